The summed E-state index contributed by atoms with van der Waals surface area (Å²) in [6.07, 6.45) is 3.52. The number of nitrogens with zero attached hydrogens (tertiary/aromatic N) is 3. The van der Waals surface area contributed by atoms with Gasteiger partial charge in [0.25, 0.3) is 5.91 Å². The molecule has 0 unspecified atom stereocenters. The number of halogens is 2. The van der Waals surface area contributed by atoms with Gasteiger partial charge in [-0.3, -0.25) is 4.79 Å². The van der Waals surface area contributed by atoms with E-state index in [2.05, 4.69) is 20.3 Å². The molecule has 0 saturated heterocycles. The Hall–Kier alpha value is -3.62. The van der Waals surface area contributed by atoms with Gasteiger partial charge in [-0.15, -0.1) is 10.2 Å². The van der Waals surface area contributed by atoms with Crippen molar-refractivity contribution in [3.63, 3.8) is 0 Å². The molecule has 0 bridgehead atoms. The first kappa shape index (κ1) is 17.2. The van der Waals surface area contributed by atoms with Gasteiger partial charge in [-0.25, -0.2) is 13.6 Å². The molecule has 26 heavy (non-hydrogen) atoms. The second-order valence-electron chi connectivity index (χ2n) is 5.12. The van der Waals surface area contributed by atoms with Crippen molar-refractivity contribution >= 4 is 17.6 Å². The van der Waals surface area contributed by atoms with E-state index in [9.17, 15) is 18.4 Å². The third-order valence-electron chi connectivity index (χ3n) is 3.47. The van der Waals surface area contributed by atoms with E-state index in [0.717, 1.165) is 7.11 Å². The van der Waals surface area contributed by atoms with E-state index < -0.39 is 23.5 Å². The van der Waals surface area contributed by atoms with Crippen LogP contribution in [0.5, 0.6) is 0 Å². The van der Waals surface area contributed by atoms with Gasteiger partial charge in [0.2, 0.25) is 0 Å². The number of anilines is 1. The second kappa shape index (κ2) is 7.09. The molecule has 7 nitrogen and oxygen atoms in total. The van der Waals surface area contributed by atoms with Crippen LogP contribution in [-0.2, 0) is 4.74 Å². The quantitative estimate of drug-likeness (QED) is 0.725. The van der Waals surface area contributed by atoms with Gasteiger partial charge in [-0.05, 0) is 30.3 Å². The first-order valence-electron chi connectivity index (χ1n) is 7.35. The van der Waals surface area contributed by atoms with Crippen LogP contribution in [0.25, 0.3) is 5.82 Å². The van der Waals surface area contributed by atoms with E-state index in [-0.39, 0.29) is 16.9 Å². The number of rotatable bonds is 4. The molecule has 1 N–H and O–H groups in total. The molecule has 9 heteroatoms. The number of aromatic nitrogens is 3. The van der Waals surface area contributed by atoms with Crippen LogP contribution in [0.1, 0.15) is 20.8 Å². The van der Waals surface area contributed by atoms with E-state index in [1.165, 1.54) is 6.07 Å². The Labute approximate surface area is 146 Å². The standard InChI is InChI=1S/C17H12F2N4O3/c1-26-17(25)10-8-11(18)12(19)9-14(10)20-16(24)13-4-5-15(22-21-13)23-6-2-3-7-23/h2-9H,1H3,(H,20,24). The summed E-state index contributed by atoms with van der Waals surface area (Å²) in [5, 5.41) is 10.0. The summed E-state index contributed by atoms with van der Waals surface area (Å²) in [6, 6.07) is 7.93. The van der Waals surface area contributed by atoms with Crippen LogP contribution < -0.4 is 5.32 Å². The number of hydrogen-bond donors (Lipinski definition) is 1. The number of amides is 1. The van der Waals surface area contributed by atoms with E-state index in [1.807, 2.05) is 0 Å². The van der Waals surface area contributed by atoms with Gasteiger partial charge >= 0.3 is 5.97 Å². The van der Waals surface area contributed by atoms with E-state index in [4.69, 9.17) is 0 Å². The first-order valence-corrected chi connectivity index (χ1v) is 7.35. The lowest BCUT2D eigenvalue weighted by molar-refractivity contribution is 0.0601. The minimum absolute atomic E-state index is 0.0681. The number of methoxy groups -OCH3 is 1. The van der Waals surface area contributed by atoms with Gasteiger partial charge < -0.3 is 14.6 Å². The lowest BCUT2D eigenvalue weighted by atomic mass is 10.1. The number of carbonyl (C=O) groups is 2. The minimum atomic E-state index is -1.24. The highest BCUT2D eigenvalue weighted by molar-refractivity contribution is 6.07. The second-order valence-corrected chi connectivity index (χ2v) is 5.12. The van der Waals surface area contributed by atoms with E-state index >= 15 is 0 Å². The largest absolute Gasteiger partial charge is 0.465 e. The lowest BCUT2D eigenvalue weighted by Crippen LogP contribution is -2.18. The number of esters is 1. The average Bonchev–Trinajstić information content (AvgIpc) is 3.18. The number of nitrogens with one attached hydrogen (secondary N) is 1. The highest BCUT2D eigenvalue weighted by atomic mass is 19.2. The van der Waals surface area contributed by atoms with Crippen LogP contribution in [0.4, 0.5) is 14.5 Å². The van der Waals surface area contributed by atoms with Crippen LogP contribution in [0.15, 0.2) is 48.8 Å². The topological polar surface area (TPSA) is 86.1 Å². The van der Waals surface area contributed by atoms with Gasteiger partial charge in [0, 0.05) is 18.5 Å². The van der Waals surface area contributed by atoms with Gasteiger partial charge in [0.15, 0.2) is 23.1 Å². The molecule has 2 heterocycles. The first-order chi connectivity index (χ1) is 12.5. The maximum Gasteiger partial charge on any atom is 0.340 e. The Bertz CT molecular complexity index is 957. The van der Waals surface area contributed by atoms with Crippen LogP contribution in [0.3, 0.4) is 0 Å². The summed E-state index contributed by atoms with van der Waals surface area (Å²) < 4.78 is 33.1. The van der Waals surface area contributed by atoms with Crippen molar-refractivity contribution < 1.29 is 23.1 Å². The number of carbonyl (C=O) groups excluding carboxylic acids is 2. The van der Waals surface area contributed by atoms with Gasteiger partial charge in [0.05, 0.1) is 18.4 Å². The fourth-order valence-corrected chi connectivity index (χ4v) is 2.19. The summed E-state index contributed by atoms with van der Waals surface area (Å²) in [5.74, 6) is -3.63. The highest BCUT2D eigenvalue weighted by Gasteiger charge is 2.19. The molecule has 1 aromatic carbocycles. The number of benzene rings is 1. The Morgan fingerprint density at radius 1 is 1.08 bits per heavy atom. The molecule has 0 aliphatic rings. The van der Waals surface area contributed by atoms with Crippen molar-refractivity contribution in [3.05, 3.63) is 71.7 Å². The molecule has 0 saturated carbocycles. The van der Waals surface area contributed by atoms with Crippen LogP contribution in [0, 0.1) is 11.6 Å². The summed E-state index contributed by atoms with van der Waals surface area (Å²) in [6.45, 7) is 0. The molecule has 0 fully saturated rings. The van der Waals surface area contributed by atoms with Crippen LogP contribution in [-0.4, -0.2) is 33.8 Å². The Morgan fingerprint density at radius 2 is 1.77 bits per heavy atom. The van der Waals surface area contributed by atoms with E-state index in [0.29, 0.717) is 18.0 Å². The lowest BCUT2D eigenvalue weighted by Gasteiger charge is -2.10. The highest BCUT2D eigenvalue weighted by Crippen LogP contribution is 2.21. The Balaban J connectivity index is 1.86. The van der Waals surface area contributed by atoms with Gasteiger partial charge in [-0.1, -0.05) is 0 Å². The van der Waals surface area contributed by atoms with Crippen molar-refractivity contribution in [1.29, 1.82) is 0 Å². The fraction of sp³-hybridized carbons (Fsp3) is 0.0588. The molecule has 132 valence electrons. The van der Waals surface area contributed by atoms with Crippen LogP contribution in [0.2, 0.25) is 0 Å². The summed E-state index contributed by atoms with van der Waals surface area (Å²) in [7, 11) is 1.08. The normalized spacial score (nSPS) is 10.4. The minimum Gasteiger partial charge on any atom is -0.465 e. The van der Waals surface area contributed by atoms with Crippen molar-refractivity contribution in [2.75, 3.05) is 12.4 Å². The van der Waals surface area contributed by atoms with Crippen molar-refractivity contribution in [1.82, 2.24) is 14.8 Å². The summed E-state index contributed by atoms with van der Waals surface area (Å²) in [5.41, 5.74) is -0.629. The van der Waals surface area contributed by atoms with Crippen molar-refractivity contribution in [3.8, 4) is 5.82 Å². The van der Waals surface area contributed by atoms with Gasteiger partial charge in [0.1, 0.15) is 0 Å². The SMILES string of the molecule is COC(=O)c1cc(F)c(F)cc1NC(=O)c1ccc(-n2cccc2)nn1. The summed E-state index contributed by atoms with van der Waals surface area (Å²) >= 11 is 0. The Kier molecular flexibility index (Phi) is 4.70. The molecular formula is C17H12F2N4O3. The van der Waals surface area contributed by atoms with Gasteiger partial charge in [-0.2, -0.15) is 0 Å². The predicted molar refractivity (Wildman–Crippen MR) is 87.0 cm³/mol. The zero-order valence-electron chi connectivity index (χ0n) is 13.4. The molecule has 3 rings (SSSR count). The molecule has 0 aliphatic carbocycles. The molecule has 1 amide bonds. The third kappa shape index (κ3) is 3.41. The monoisotopic (exact) mass is 358 g/mol. The Morgan fingerprint density at radius 3 is 2.38 bits per heavy atom. The molecule has 0 atom stereocenters. The zero-order chi connectivity index (χ0) is 18.7. The maximum atomic E-state index is 13.5. The molecule has 0 aliphatic heterocycles. The molecule has 3 aromatic rings. The average molecular weight is 358 g/mol. The summed E-state index contributed by atoms with van der Waals surface area (Å²) in [4.78, 5) is 24.0. The molecule has 2 aromatic heterocycles. The number of hydrogen-bond acceptors (Lipinski definition) is 5. The number of ether oxygens (including phenoxy) is 1. The van der Waals surface area contributed by atoms with Crippen LogP contribution >= 0.6 is 0 Å². The fourth-order valence-electron chi connectivity index (χ4n) is 2.19. The third-order valence-corrected chi connectivity index (χ3v) is 3.47. The maximum absolute atomic E-state index is 13.5. The van der Waals surface area contributed by atoms with Crippen molar-refractivity contribution in [2.24, 2.45) is 0 Å². The van der Waals surface area contributed by atoms with Crippen molar-refractivity contribution in [2.45, 2.75) is 0 Å². The molecular weight excluding hydrogens is 346 g/mol. The predicted octanol–water partition coefficient (Wildman–Crippen LogP) is 2.58. The molecule has 0 radical (unpaired) electrons. The molecule has 0 spiro atoms. The smallest absolute Gasteiger partial charge is 0.340 e. The zero-order valence-corrected chi connectivity index (χ0v) is 13.4. The van der Waals surface area contributed by atoms with E-state index in [1.54, 1.807) is 35.2 Å².